The van der Waals surface area contributed by atoms with Gasteiger partial charge in [-0.3, -0.25) is 19.4 Å². The Morgan fingerprint density at radius 3 is 1.19 bits per heavy atom. The minimum absolute atomic E-state index is 0.0684. The lowest BCUT2D eigenvalue weighted by atomic mass is 9.96. The summed E-state index contributed by atoms with van der Waals surface area (Å²) >= 11 is 0. The number of nitrogens with zero attached hydrogens (tertiary/aromatic N) is 8. The zero-order chi connectivity index (χ0) is 82.4. The summed E-state index contributed by atoms with van der Waals surface area (Å²) in [6.45, 7) is 16.3. The van der Waals surface area contributed by atoms with Crippen LogP contribution in [0.3, 0.4) is 0 Å². The van der Waals surface area contributed by atoms with Crippen LogP contribution in [0.25, 0.3) is 88.8 Å². The fourth-order valence-electron chi connectivity index (χ4n) is 19.2. The summed E-state index contributed by atoms with van der Waals surface area (Å²) in [4.78, 5) is 120. The maximum absolute atomic E-state index is 14.1. The van der Waals surface area contributed by atoms with E-state index in [1.165, 1.54) is 28.4 Å². The average Bonchev–Trinajstić information content (AvgIpc) is 1.58. The molecule has 8 fully saturated rings. The molecule has 6 amide bonds. The van der Waals surface area contributed by atoms with Gasteiger partial charge in [-0.05, 0) is 234 Å². The van der Waals surface area contributed by atoms with Crippen molar-refractivity contribution in [2.45, 2.75) is 204 Å². The van der Waals surface area contributed by atoms with Crippen molar-refractivity contribution in [1.82, 2.24) is 70.1 Å². The normalized spacial score (nSPS) is 22.8. The number of carbonyl (C=O) groups is 6. The number of rotatable bonds is 18. The molecule has 4 saturated carbocycles. The lowest BCUT2D eigenvalue weighted by molar-refractivity contribution is -0.141. The largest absolute Gasteiger partial charge is 0.453 e. The first-order chi connectivity index (χ1) is 56.6. The van der Waals surface area contributed by atoms with Gasteiger partial charge in [0.15, 0.2) is 0 Å². The van der Waals surface area contributed by atoms with Crippen molar-refractivity contribution in [2.75, 3.05) is 41.5 Å². The quantitative estimate of drug-likeness (QED) is 0.0435. The fourth-order valence-corrected chi connectivity index (χ4v) is 19.2. The molecule has 8 aliphatic rings. The van der Waals surface area contributed by atoms with Crippen LogP contribution in [0.1, 0.15) is 180 Å². The standard InChI is InChI=1S/C48H56N8O8.C44H50N6O4/c1-26(61-3)39(53-46(59)63-5)44(57)55-25-48(17-18-48)22-38(55)42-49-24-37(51-42)33-14-13-31-19-30(11-12-32(31)20-33)28-7-9-29(10-8-28)36-23-50-43(52-36)41-34-15-16-35(21-34)56(41)45(58)40(27(2)62-4)54-47(60)64-6;1-42(2,3)53-40(51)49-25-44(17-18-44)22-36(49)38-45-24-35(47-38)31-14-13-29-19-28(11-12-30(29)20-31)26-7-9-27(10-8-26)34-23-46-39(48-34)37-32-15-16-33(21-32)50(37)41(52)54-43(4,5)6/h7-14,19-20,23-24,26-27,34-35,38-41H,15-18,21-22,25H2,1-6H3,(H,49,51)(H,50,52)(H,53,59)(H,54,60);7-14,19-20,23-24,32-33,36-37H,15-18,21-22,25H2,1-6H3,(H,45,47)(H,46,48)/t26?,27?,34-,35+,38-,39-,40-,41-;32-,33+,36-,37-/m00/s1. The van der Waals surface area contributed by atoms with Gasteiger partial charge in [-0.25, -0.2) is 39.1 Å². The third-order valence-electron chi connectivity index (χ3n) is 25.9. The lowest BCUT2D eigenvalue weighted by Crippen LogP contribution is -2.56. The molecule has 12 atom stereocenters. The summed E-state index contributed by atoms with van der Waals surface area (Å²) in [5, 5.41) is 9.84. The van der Waals surface area contributed by atoms with Crippen molar-refractivity contribution in [2.24, 2.45) is 22.7 Å². The second-order valence-corrected chi connectivity index (χ2v) is 36.0. The van der Waals surface area contributed by atoms with E-state index >= 15 is 0 Å². The van der Waals surface area contributed by atoms with Gasteiger partial charge in [0.1, 0.15) is 46.6 Å². The fraction of sp³-hybridized carbons (Fsp3) is 0.457. The van der Waals surface area contributed by atoms with Gasteiger partial charge in [0, 0.05) is 50.5 Å². The van der Waals surface area contributed by atoms with Crippen LogP contribution in [0.2, 0.25) is 0 Å². The van der Waals surface area contributed by atoms with E-state index in [1.54, 1.807) is 13.8 Å². The van der Waals surface area contributed by atoms with Gasteiger partial charge < -0.3 is 68.8 Å². The van der Waals surface area contributed by atoms with Crippen molar-refractivity contribution >= 4 is 57.7 Å². The third kappa shape index (κ3) is 15.8. The minimum Gasteiger partial charge on any atom is -0.453 e. The Morgan fingerprint density at radius 1 is 0.424 bits per heavy atom. The Morgan fingerprint density at radius 2 is 0.771 bits per heavy atom. The predicted octanol–water partition coefficient (Wildman–Crippen LogP) is 17.1. The first kappa shape index (κ1) is 79.1. The molecule has 4 aromatic heterocycles. The SMILES string of the molecule is CC(C)(C)OC(=O)N1CC2(CC2)C[C@H]1c1ncc(-c2ccc3cc(-c4ccc(-c5cnc([C@@H]6[C@H]7CC[C@H](C7)N6C(=O)OC(C)(C)C)[nH]5)cc4)ccc3c2)[nH]1.COC(=O)N[C@H](C(=O)N1CC2(CC2)C[C@H]1c1ncc(-c2ccc3cc(-c4ccc(-c5cnc([C@@H]6[C@H]7CC[C@H](C7)N6C(=O)[C@@H](NC(=O)OC)C(C)OC)[nH]5)cc4)ccc3c2)[nH]1)C(C)OC. The van der Waals surface area contributed by atoms with E-state index in [9.17, 15) is 28.8 Å². The van der Waals surface area contributed by atoms with Crippen molar-refractivity contribution in [3.8, 4) is 67.3 Å². The van der Waals surface area contributed by atoms with Crippen molar-refractivity contribution in [3.63, 3.8) is 0 Å². The molecule has 616 valence electrons. The summed E-state index contributed by atoms with van der Waals surface area (Å²) in [5.74, 6) is 3.36. The molecule has 8 heterocycles. The van der Waals surface area contributed by atoms with Crippen LogP contribution in [0.4, 0.5) is 19.2 Å². The average molecular weight is 1600 g/mol. The molecule has 26 nitrogen and oxygen atoms in total. The highest BCUT2D eigenvalue weighted by molar-refractivity contribution is 5.93. The van der Waals surface area contributed by atoms with Crippen molar-refractivity contribution in [1.29, 1.82) is 0 Å². The van der Waals surface area contributed by atoms with Gasteiger partial charge in [0.25, 0.3) is 0 Å². The highest BCUT2D eigenvalue weighted by atomic mass is 16.6. The number of hydrogen-bond acceptors (Lipinski definition) is 16. The molecule has 6 aromatic carbocycles. The molecule has 10 aromatic rings. The maximum Gasteiger partial charge on any atom is 0.411 e. The molecule has 2 unspecified atom stereocenters. The van der Waals surface area contributed by atoms with E-state index in [2.05, 4.69) is 152 Å². The van der Waals surface area contributed by atoms with Crippen LogP contribution in [0, 0.1) is 22.7 Å². The van der Waals surface area contributed by atoms with Gasteiger partial charge in [-0.2, -0.15) is 0 Å². The third-order valence-corrected chi connectivity index (χ3v) is 25.9. The topological polar surface area (TPSA) is 310 Å². The summed E-state index contributed by atoms with van der Waals surface area (Å²) < 4.78 is 32.2. The number of piperidine rings is 2. The number of H-pyrrole nitrogens is 4. The number of methoxy groups -OCH3 is 4. The number of alkyl carbamates (subject to hydrolysis) is 2. The van der Waals surface area contributed by atoms with E-state index in [-0.39, 0.29) is 77.0 Å². The minimum atomic E-state index is -0.899. The number of ether oxygens (including phenoxy) is 6. The number of imidazole rings is 4. The molecule has 4 bridgehead atoms. The molecule has 4 aliphatic heterocycles. The number of carbonyl (C=O) groups excluding carboxylic acids is 6. The zero-order valence-corrected chi connectivity index (χ0v) is 69.2. The van der Waals surface area contributed by atoms with Gasteiger partial charge in [-0.1, -0.05) is 97.1 Å². The highest BCUT2D eigenvalue weighted by Gasteiger charge is 2.58. The van der Waals surface area contributed by atoms with Crippen LogP contribution < -0.4 is 10.6 Å². The Kier molecular flexibility index (Phi) is 20.9. The van der Waals surface area contributed by atoms with Crippen LogP contribution in [-0.4, -0.2) is 185 Å². The van der Waals surface area contributed by atoms with E-state index in [0.717, 1.165) is 196 Å². The second kappa shape index (κ2) is 31.2. The van der Waals surface area contributed by atoms with Gasteiger partial charge >= 0.3 is 24.4 Å². The number of nitrogens with one attached hydrogen (secondary N) is 6. The first-order valence-corrected chi connectivity index (χ1v) is 41.5. The van der Waals surface area contributed by atoms with Crippen LogP contribution in [0.15, 0.2) is 146 Å². The van der Waals surface area contributed by atoms with Gasteiger partial charge in [0.05, 0.1) is 98.2 Å². The zero-order valence-electron chi connectivity index (χ0n) is 69.2. The first-order valence-electron chi connectivity index (χ1n) is 41.5. The summed E-state index contributed by atoms with van der Waals surface area (Å²) in [6.07, 6.45) is 16.5. The molecule has 4 saturated heterocycles. The van der Waals surface area contributed by atoms with E-state index in [0.29, 0.717) is 12.5 Å². The second-order valence-electron chi connectivity index (χ2n) is 36.0. The number of aromatic amines is 4. The van der Waals surface area contributed by atoms with E-state index < -0.39 is 47.7 Å². The number of likely N-dealkylation sites (tertiary alicyclic amines) is 4. The van der Waals surface area contributed by atoms with Crippen LogP contribution >= 0.6 is 0 Å². The highest BCUT2D eigenvalue weighted by Crippen LogP contribution is 2.60. The monoisotopic (exact) mass is 1600 g/mol. The molecule has 118 heavy (non-hydrogen) atoms. The number of amides is 6. The molecule has 0 radical (unpaired) electrons. The summed E-state index contributed by atoms with van der Waals surface area (Å²) in [6, 6.07) is 40.5. The number of hydrogen-bond donors (Lipinski definition) is 6. The Bertz CT molecular complexity index is 5450. The summed E-state index contributed by atoms with van der Waals surface area (Å²) in [5.41, 5.74) is 11.3. The molecule has 4 aliphatic carbocycles. The summed E-state index contributed by atoms with van der Waals surface area (Å²) in [7, 11) is 5.59. The predicted molar refractivity (Wildman–Crippen MR) is 446 cm³/mol. The molecule has 18 rings (SSSR count). The Balaban J connectivity index is 0.000000171. The van der Waals surface area contributed by atoms with Crippen molar-refractivity contribution < 1.29 is 57.2 Å². The number of benzene rings is 6. The Labute approximate surface area is 686 Å². The van der Waals surface area contributed by atoms with Gasteiger partial charge in [-0.15, -0.1) is 0 Å². The van der Waals surface area contributed by atoms with Crippen molar-refractivity contribution in [3.05, 3.63) is 169 Å². The number of aromatic nitrogens is 8. The molecule has 6 N–H and O–H groups in total. The maximum atomic E-state index is 14.1. The lowest BCUT2D eigenvalue weighted by Gasteiger charge is -2.37. The smallest absolute Gasteiger partial charge is 0.411 e. The molecule has 26 heteroatoms. The number of fused-ring (bicyclic) bond motifs is 6. The Hall–Kier alpha value is -11.4. The van der Waals surface area contributed by atoms with E-state index in [4.69, 9.17) is 48.4 Å². The molecular formula is C92H106N14O12. The van der Waals surface area contributed by atoms with Gasteiger partial charge in [0.2, 0.25) is 11.8 Å². The molecular weight excluding hydrogens is 1490 g/mol. The van der Waals surface area contributed by atoms with Crippen LogP contribution in [0.5, 0.6) is 0 Å². The van der Waals surface area contributed by atoms with Crippen LogP contribution in [-0.2, 0) is 38.0 Å². The van der Waals surface area contributed by atoms with E-state index in [1.807, 2.05) is 85.9 Å². The molecule has 2 spiro atoms.